The molecule has 0 spiro atoms. The first kappa shape index (κ1) is 21.5. The van der Waals surface area contributed by atoms with E-state index in [4.69, 9.17) is 4.74 Å². The van der Waals surface area contributed by atoms with Gasteiger partial charge in [0.15, 0.2) is 5.69 Å². The van der Waals surface area contributed by atoms with Crippen molar-refractivity contribution in [1.82, 2.24) is 9.78 Å². The van der Waals surface area contributed by atoms with Crippen LogP contribution in [0.15, 0.2) is 36.5 Å². The summed E-state index contributed by atoms with van der Waals surface area (Å²) in [5.41, 5.74) is 2.02. The number of nitro benzene ring substituents is 1. The molecule has 10 nitrogen and oxygen atoms in total. The third-order valence-corrected chi connectivity index (χ3v) is 4.63. The molecule has 0 atom stereocenters. The van der Waals surface area contributed by atoms with Crippen molar-refractivity contribution in [3.8, 4) is 11.5 Å². The highest BCUT2D eigenvalue weighted by molar-refractivity contribution is 6.09. The predicted octanol–water partition coefficient (Wildman–Crippen LogP) is 4.00. The Balaban J connectivity index is 1.97. The van der Waals surface area contributed by atoms with Gasteiger partial charge in [0.2, 0.25) is 0 Å². The fourth-order valence-electron chi connectivity index (χ4n) is 3.06. The normalized spacial score (nSPS) is 10.6. The van der Waals surface area contributed by atoms with Gasteiger partial charge in [-0.3, -0.25) is 19.6 Å². The molecule has 0 unspecified atom stereocenters. The Kier molecular flexibility index (Phi) is 5.73. The summed E-state index contributed by atoms with van der Waals surface area (Å²) in [6.07, 6.45) is 1.20. The number of aromatic carboxylic acids is 1. The molecule has 0 aliphatic heterocycles. The Hall–Kier alpha value is -4.21. The van der Waals surface area contributed by atoms with Gasteiger partial charge in [-0.25, -0.2) is 4.79 Å². The Morgan fingerprint density at radius 2 is 1.87 bits per heavy atom. The molecular formula is C21H20N4O6. The maximum absolute atomic E-state index is 12.6. The average Bonchev–Trinajstić information content (AvgIpc) is 3.08. The lowest BCUT2D eigenvalue weighted by Crippen LogP contribution is -2.16. The predicted molar refractivity (Wildman–Crippen MR) is 112 cm³/mol. The molecule has 1 aromatic heterocycles. The molecule has 0 aliphatic rings. The molecule has 0 fully saturated rings. The van der Waals surface area contributed by atoms with Crippen molar-refractivity contribution in [3.63, 3.8) is 0 Å². The number of nitro groups is 1. The van der Waals surface area contributed by atoms with Crippen LogP contribution in [0, 0.1) is 30.9 Å². The maximum atomic E-state index is 12.6. The van der Waals surface area contributed by atoms with Gasteiger partial charge in [-0.2, -0.15) is 5.10 Å². The van der Waals surface area contributed by atoms with E-state index in [2.05, 4.69) is 10.4 Å². The van der Waals surface area contributed by atoms with E-state index in [0.29, 0.717) is 5.75 Å². The lowest BCUT2D eigenvalue weighted by molar-refractivity contribution is -0.384. The van der Waals surface area contributed by atoms with Crippen molar-refractivity contribution in [3.05, 3.63) is 74.6 Å². The summed E-state index contributed by atoms with van der Waals surface area (Å²) in [5, 5.41) is 27.0. The number of hydrogen-bond donors (Lipinski definition) is 2. The molecule has 31 heavy (non-hydrogen) atoms. The smallest absolute Gasteiger partial charge is 0.339 e. The first-order valence-electron chi connectivity index (χ1n) is 9.18. The second-order valence-corrected chi connectivity index (χ2v) is 7.10. The van der Waals surface area contributed by atoms with Crippen LogP contribution in [0.2, 0.25) is 0 Å². The lowest BCUT2D eigenvalue weighted by atomic mass is 10.1. The Bertz CT molecular complexity index is 1210. The van der Waals surface area contributed by atoms with Gasteiger partial charge >= 0.3 is 5.97 Å². The molecule has 0 radical (unpaired) electrons. The van der Waals surface area contributed by atoms with E-state index in [-0.39, 0.29) is 28.4 Å². The van der Waals surface area contributed by atoms with Crippen molar-refractivity contribution in [2.75, 3.05) is 5.32 Å². The van der Waals surface area contributed by atoms with Gasteiger partial charge in [-0.15, -0.1) is 0 Å². The van der Waals surface area contributed by atoms with Crippen molar-refractivity contribution >= 4 is 23.3 Å². The molecule has 3 rings (SSSR count). The molecule has 0 saturated carbocycles. The van der Waals surface area contributed by atoms with Gasteiger partial charge in [-0.05, 0) is 43.5 Å². The van der Waals surface area contributed by atoms with Gasteiger partial charge < -0.3 is 15.2 Å². The standard InChI is InChI=1S/C21H20N4O6/c1-11-5-12(2)13(3)18(6-11)31-16-8-14(7-15(9-16)25(29)30)22-20(26)19-17(21(27)28)10-24(4)23-19/h5-10H,1-4H3,(H,22,26)(H,27,28). The van der Waals surface area contributed by atoms with Crippen LogP contribution in [-0.4, -0.2) is 31.7 Å². The number of non-ortho nitro benzene ring substituents is 1. The van der Waals surface area contributed by atoms with Gasteiger partial charge in [0.05, 0.1) is 16.7 Å². The van der Waals surface area contributed by atoms with Crippen molar-refractivity contribution < 1.29 is 24.4 Å². The summed E-state index contributed by atoms with van der Waals surface area (Å²) in [7, 11) is 1.48. The Labute approximate surface area is 177 Å². The van der Waals surface area contributed by atoms with Crippen LogP contribution in [0.5, 0.6) is 11.5 Å². The van der Waals surface area contributed by atoms with Gasteiger partial charge in [0, 0.05) is 25.4 Å². The van der Waals surface area contributed by atoms with E-state index in [1.807, 2.05) is 32.9 Å². The number of carboxylic acids is 1. The summed E-state index contributed by atoms with van der Waals surface area (Å²) in [4.78, 5) is 34.7. The highest BCUT2D eigenvalue weighted by Crippen LogP contribution is 2.33. The molecule has 0 saturated heterocycles. The molecule has 2 aromatic carbocycles. The third kappa shape index (κ3) is 4.69. The second kappa shape index (κ2) is 8.27. The number of benzene rings is 2. The Morgan fingerprint density at radius 3 is 2.52 bits per heavy atom. The third-order valence-electron chi connectivity index (χ3n) is 4.63. The van der Waals surface area contributed by atoms with Crippen molar-refractivity contribution in [2.24, 2.45) is 7.05 Å². The summed E-state index contributed by atoms with van der Waals surface area (Å²) < 4.78 is 7.08. The first-order chi connectivity index (χ1) is 14.5. The summed E-state index contributed by atoms with van der Waals surface area (Å²) in [6, 6.07) is 7.63. The number of amides is 1. The number of nitrogens with one attached hydrogen (secondary N) is 1. The van der Waals surface area contributed by atoms with Crippen LogP contribution in [0.3, 0.4) is 0 Å². The molecule has 2 N–H and O–H groups in total. The number of nitrogens with zero attached hydrogens (tertiary/aromatic N) is 3. The summed E-state index contributed by atoms with van der Waals surface area (Å²) in [6.45, 7) is 5.71. The van der Waals surface area contributed by atoms with E-state index in [1.54, 1.807) is 0 Å². The first-order valence-corrected chi connectivity index (χ1v) is 9.18. The zero-order chi connectivity index (χ0) is 22.9. The zero-order valence-corrected chi connectivity index (χ0v) is 17.3. The number of hydrogen-bond acceptors (Lipinski definition) is 6. The quantitative estimate of drug-likeness (QED) is 0.451. The molecule has 3 aromatic rings. The Morgan fingerprint density at radius 1 is 1.16 bits per heavy atom. The van der Waals surface area contributed by atoms with E-state index in [1.165, 1.54) is 30.1 Å². The van der Waals surface area contributed by atoms with Gasteiger partial charge in [0.1, 0.15) is 17.1 Å². The topological polar surface area (TPSA) is 137 Å². The number of carbonyl (C=O) groups excluding carboxylic acids is 1. The van der Waals surface area contributed by atoms with E-state index < -0.39 is 16.8 Å². The maximum Gasteiger partial charge on any atom is 0.339 e. The van der Waals surface area contributed by atoms with Crippen LogP contribution in [0.25, 0.3) is 0 Å². The molecule has 1 amide bonds. The molecular weight excluding hydrogens is 404 g/mol. The fraction of sp³-hybridized carbons (Fsp3) is 0.190. The number of anilines is 1. The van der Waals surface area contributed by atoms with Crippen LogP contribution in [0.1, 0.15) is 37.5 Å². The van der Waals surface area contributed by atoms with E-state index in [0.717, 1.165) is 22.8 Å². The number of carboxylic acid groups (broad SMARTS) is 1. The monoisotopic (exact) mass is 424 g/mol. The molecule has 1 heterocycles. The molecule has 160 valence electrons. The van der Waals surface area contributed by atoms with Crippen LogP contribution in [0.4, 0.5) is 11.4 Å². The van der Waals surface area contributed by atoms with Crippen molar-refractivity contribution in [1.29, 1.82) is 0 Å². The number of aryl methyl sites for hydroxylation is 3. The summed E-state index contributed by atoms with van der Waals surface area (Å²) >= 11 is 0. The minimum Gasteiger partial charge on any atom is -0.478 e. The van der Waals surface area contributed by atoms with Crippen LogP contribution >= 0.6 is 0 Å². The van der Waals surface area contributed by atoms with Crippen LogP contribution < -0.4 is 10.1 Å². The SMILES string of the molecule is Cc1cc(C)c(C)c(Oc2cc(NC(=O)c3nn(C)cc3C(=O)O)cc([N+](=O)[O-])c2)c1. The van der Waals surface area contributed by atoms with Crippen LogP contribution in [-0.2, 0) is 7.05 Å². The highest BCUT2D eigenvalue weighted by Gasteiger charge is 2.22. The number of aromatic nitrogens is 2. The van der Waals surface area contributed by atoms with Crippen molar-refractivity contribution in [2.45, 2.75) is 20.8 Å². The largest absolute Gasteiger partial charge is 0.478 e. The molecule has 10 heteroatoms. The minimum atomic E-state index is -1.31. The molecule has 0 bridgehead atoms. The number of rotatable bonds is 6. The average molecular weight is 424 g/mol. The second-order valence-electron chi connectivity index (χ2n) is 7.10. The van der Waals surface area contributed by atoms with Gasteiger partial charge in [-0.1, -0.05) is 6.07 Å². The highest BCUT2D eigenvalue weighted by atomic mass is 16.6. The summed E-state index contributed by atoms with van der Waals surface area (Å²) in [5.74, 6) is -1.44. The van der Waals surface area contributed by atoms with E-state index in [9.17, 15) is 24.8 Å². The fourth-order valence-corrected chi connectivity index (χ4v) is 3.06. The molecule has 0 aliphatic carbocycles. The lowest BCUT2D eigenvalue weighted by Gasteiger charge is -2.13. The number of carbonyl (C=O) groups is 2. The minimum absolute atomic E-state index is 0.0678. The number of ether oxygens (including phenoxy) is 1. The zero-order valence-electron chi connectivity index (χ0n) is 17.3. The van der Waals surface area contributed by atoms with E-state index >= 15 is 0 Å². The van der Waals surface area contributed by atoms with Gasteiger partial charge in [0.25, 0.3) is 11.6 Å².